The van der Waals surface area contributed by atoms with E-state index in [1.54, 1.807) is 23.9 Å². The fraction of sp³-hybridized carbons (Fsp3) is 0.316. The lowest BCUT2D eigenvalue weighted by atomic mass is 10.1. The molecule has 0 aliphatic rings. The molecule has 0 saturated carbocycles. The first-order chi connectivity index (χ1) is 24.8. The van der Waals surface area contributed by atoms with Crippen LogP contribution in [0, 0.1) is 0 Å². The zero-order chi connectivity index (χ0) is 36.3. The molecule has 3 aromatic carbocycles. The summed E-state index contributed by atoms with van der Waals surface area (Å²) >= 11 is 9.44. The van der Waals surface area contributed by atoms with Gasteiger partial charge in [0.1, 0.15) is 5.75 Å². The summed E-state index contributed by atoms with van der Waals surface area (Å²) in [7, 11) is 0. The number of hydrogen-bond acceptors (Lipinski definition) is 8. The van der Waals surface area contributed by atoms with Crippen molar-refractivity contribution in [3.05, 3.63) is 122 Å². The number of carbonyl (C=O) groups is 3. The van der Waals surface area contributed by atoms with Crippen LogP contribution in [0.5, 0.6) is 5.75 Å². The van der Waals surface area contributed by atoms with Crippen molar-refractivity contribution in [2.75, 3.05) is 25.4 Å². The molecule has 0 unspecified atom stereocenters. The maximum atomic E-state index is 13.4. The highest BCUT2D eigenvalue weighted by molar-refractivity contribution is 7.99. The van der Waals surface area contributed by atoms with Crippen LogP contribution in [0.25, 0.3) is 0 Å². The summed E-state index contributed by atoms with van der Waals surface area (Å²) in [5.74, 6) is 1.36. The Morgan fingerprint density at radius 1 is 0.882 bits per heavy atom. The van der Waals surface area contributed by atoms with Gasteiger partial charge in [-0.2, -0.15) is 16.9 Å². The Balaban J connectivity index is 1.31. The number of rotatable bonds is 20. The van der Waals surface area contributed by atoms with E-state index in [2.05, 4.69) is 43.9 Å². The Bertz CT molecular complexity index is 1720. The van der Waals surface area contributed by atoms with Gasteiger partial charge in [-0.1, -0.05) is 79.2 Å². The van der Waals surface area contributed by atoms with Crippen LogP contribution in [-0.2, 0) is 30.1 Å². The number of amides is 4. The number of urea groups is 1. The number of likely N-dealkylation sites (N-methyl/N-ethyl adjacent to an activating group) is 1. The monoisotopic (exact) mass is 748 g/mol. The molecule has 5 N–H and O–H groups in total. The Labute approximate surface area is 313 Å². The van der Waals surface area contributed by atoms with Crippen LogP contribution in [0.15, 0.2) is 96.1 Å². The van der Waals surface area contributed by atoms with E-state index in [-0.39, 0.29) is 18.4 Å². The van der Waals surface area contributed by atoms with Crippen molar-refractivity contribution >= 4 is 58.3 Å². The largest absolute Gasteiger partial charge is 0.484 e. The maximum Gasteiger partial charge on any atom is 0.335 e. The van der Waals surface area contributed by atoms with Gasteiger partial charge < -0.3 is 26.0 Å². The minimum Gasteiger partial charge on any atom is -0.484 e. The zero-order valence-corrected chi connectivity index (χ0v) is 31.3. The number of nitrogens with one attached hydrogen (secondary N) is 5. The molecule has 0 fully saturated rings. The number of hydrazone groups is 1. The van der Waals surface area contributed by atoms with E-state index in [0.29, 0.717) is 65.3 Å². The van der Waals surface area contributed by atoms with Gasteiger partial charge in [0.15, 0.2) is 6.61 Å². The van der Waals surface area contributed by atoms with Gasteiger partial charge in [0.2, 0.25) is 0 Å². The van der Waals surface area contributed by atoms with Gasteiger partial charge in [0.25, 0.3) is 11.8 Å². The van der Waals surface area contributed by atoms with Gasteiger partial charge in [-0.15, -0.1) is 11.3 Å². The number of thioether (sulfide) groups is 1. The number of nitrogens with zero attached hydrogens (tertiary/aromatic N) is 1. The summed E-state index contributed by atoms with van der Waals surface area (Å²) in [4.78, 5) is 39.4. The van der Waals surface area contributed by atoms with Crippen molar-refractivity contribution in [2.45, 2.75) is 51.6 Å². The molecule has 1 heterocycles. The standard InChI is InChI=1S/C38H45ClN6O4S2/c1-3-33(43-37(47)35-19-18-31(51-35)23-40-22-28-10-6-5-7-11-28)34(26-50-25-29-12-8-9-13-32(29)39)44-45-38(48)42-21-20-27-14-16-30(17-15-27)49-24-36(46)41-4-2/h5-19,33,40H,3-4,20-26H2,1-2H3,(H,41,46)(H,43,47)(H2,42,45,48)/b44-34-/t33-/m0/s1. The van der Waals surface area contributed by atoms with E-state index in [0.717, 1.165) is 22.5 Å². The predicted molar refractivity (Wildman–Crippen MR) is 209 cm³/mol. The molecular weight excluding hydrogens is 704 g/mol. The Morgan fingerprint density at radius 3 is 2.39 bits per heavy atom. The van der Waals surface area contributed by atoms with Crippen LogP contribution in [0.2, 0.25) is 5.02 Å². The number of thiophene rings is 1. The Morgan fingerprint density at radius 2 is 1.65 bits per heavy atom. The van der Waals surface area contributed by atoms with E-state index in [9.17, 15) is 14.4 Å². The van der Waals surface area contributed by atoms with E-state index in [4.69, 9.17) is 16.3 Å². The molecule has 51 heavy (non-hydrogen) atoms. The second kappa shape index (κ2) is 21.8. The topological polar surface area (TPSA) is 133 Å². The summed E-state index contributed by atoms with van der Waals surface area (Å²) in [6.45, 7) is 6.13. The SMILES string of the molecule is CCNC(=O)COc1ccc(CCNC(=O)N/N=C(/CSCc2ccccc2Cl)[C@H](CC)NC(=O)c2ccc(CNCc3ccccc3)s2)cc1. The first-order valence-electron chi connectivity index (χ1n) is 16.9. The molecule has 1 aromatic heterocycles. The lowest BCUT2D eigenvalue weighted by molar-refractivity contribution is -0.122. The van der Waals surface area contributed by atoms with Gasteiger partial charge in [-0.25, -0.2) is 10.2 Å². The van der Waals surface area contributed by atoms with Crippen molar-refractivity contribution in [2.24, 2.45) is 5.10 Å². The minimum absolute atomic E-state index is 0.0409. The molecule has 0 bridgehead atoms. The van der Waals surface area contributed by atoms with Gasteiger partial charge in [-0.05, 0) is 66.8 Å². The highest BCUT2D eigenvalue weighted by Crippen LogP contribution is 2.22. The van der Waals surface area contributed by atoms with E-state index < -0.39 is 12.1 Å². The molecule has 0 radical (unpaired) electrons. The summed E-state index contributed by atoms with van der Waals surface area (Å²) in [5.41, 5.74) is 6.47. The van der Waals surface area contributed by atoms with Gasteiger partial charge in [-0.3, -0.25) is 9.59 Å². The molecule has 4 aromatic rings. The average molecular weight is 749 g/mol. The number of benzene rings is 3. The first kappa shape index (κ1) is 39.4. The van der Waals surface area contributed by atoms with Crippen molar-refractivity contribution < 1.29 is 19.1 Å². The summed E-state index contributed by atoms with van der Waals surface area (Å²) in [6, 6.07) is 28.2. The highest BCUT2D eigenvalue weighted by atomic mass is 35.5. The minimum atomic E-state index is -0.447. The van der Waals surface area contributed by atoms with Gasteiger partial charge in [0.05, 0.1) is 16.6 Å². The number of hydrogen-bond donors (Lipinski definition) is 5. The molecule has 270 valence electrons. The zero-order valence-electron chi connectivity index (χ0n) is 28.9. The first-order valence-corrected chi connectivity index (χ1v) is 19.2. The van der Waals surface area contributed by atoms with Crippen LogP contribution in [0.1, 0.15) is 51.5 Å². The van der Waals surface area contributed by atoms with E-state index in [1.807, 2.05) is 80.6 Å². The third-order valence-electron chi connectivity index (χ3n) is 7.61. The third-order valence-corrected chi connectivity index (χ3v) is 10.1. The van der Waals surface area contributed by atoms with Crippen LogP contribution >= 0.6 is 34.7 Å². The molecule has 0 aliphatic carbocycles. The lowest BCUT2D eigenvalue weighted by Crippen LogP contribution is -2.43. The molecule has 1 atom stereocenters. The Hall–Kier alpha value is -4.36. The van der Waals surface area contributed by atoms with E-state index >= 15 is 0 Å². The molecule has 13 heteroatoms. The number of halogens is 1. The van der Waals surface area contributed by atoms with Crippen LogP contribution in [0.4, 0.5) is 4.79 Å². The van der Waals surface area contributed by atoms with Crippen LogP contribution < -0.4 is 31.4 Å². The maximum absolute atomic E-state index is 13.4. The lowest BCUT2D eigenvalue weighted by Gasteiger charge is -2.19. The molecule has 0 aliphatic heterocycles. The van der Waals surface area contributed by atoms with Crippen molar-refractivity contribution in [3.63, 3.8) is 0 Å². The highest BCUT2D eigenvalue weighted by Gasteiger charge is 2.20. The van der Waals surface area contributed by atoms with Crippen molar-refractivity contribution in [1.29, 1.82) is 0 Å². The van der Waals surface area contributed by atoms with E-state index in [1.165, 1.54) is 16.9 Å². The fourth-order valence-corrected chi connectivity index (χ4v) is 7.11. The second-order valence-corrected chi connectivity index (χ2v) is 14.0. The normalized spacial score (nSPS) is 11.8. The molecular formula is C38H45ClN6O4S2. The summed E-state index contributed by atoms with van der Waals surface area (Å²) in [5, 5.41) is 17.3. The summed E-state index contributed by atoms with van der Waals surface area (Å²) < 4.78 is 5.49. The average Bonchev–Trinajstić information content (AvgIpc) is 3.62. The summed E-state index contributed by atoms with van der Waals surface area (Å²) in [6.07, 6.45) is 1.17. The fourth-order valence-electron chi connectivity index (χ4n) is 4.89. The third kappa shape index (κ3) is 14.1. The van der Waals surface area contributed by atoms with Crippen molar-refractivity contribution in [1.82, 2.24) is 26.7 Å². The van der Waals surface area contributed by atoms with Crippen LogP contribution in [-0.4, -0.2) is 55.0 Å². The molecule has 10 nitrogen and oxygen atoms in total. The number of carbonyl (C=O) groups excluding carboxylic acids is 3. The molecule has 4 rings (SSSR count). The smallest absolute Gasteiger partial charge is 0.335 e. The van der Waals surface area contributed by atoms with Gasteiger partial charge >= 0.3 is 6.03 Å². The second-order valence-electron chi connectivity index (χ2n) is 11.5. The van der Waals surface area contributed by atoms with Crippen LogP contribution in [0.3, 0.4) is 0 Å². The number of ether oxygens (including phenoxy) is 1. The molecule has 0 spiro atoms. The van der Waals surface area contributed by atoms with Crippen molar-refractivity contribution in [3.8, 4) is 5.75 Å². The Kier molecular flexibility index (Phi) is 16.8. The quantitative estimate of drug-likeness (QED) is 0.0515. The predicted octanol–water partition coefficient (Wildman–Crippen LogP) is 6.55. The van der Waals surface area contributed by atoms with Gasteiger partial charge in [0, 0.05) is 47.6 Å². The molecule has 4 amide bonds. The molecule has 0 saturated heterocycles.